The average molecular weight is 469 g/mol. The normalized spacial score (nSPS) is 32.9. The summed E-state index contributed by atoms with van der Waals surface area (Å²) in [4.78, 5) is 30.2. The van der Waals surface area contributed by atoms with E-state index in [1.54, 1.807) is 10.9 Å². The number of piperazine rings is 1. The van der Waals surface area contributed by atoms with Crippen LogP contribution < -0.4 is 15.4 Å². The van der Waals surface area contributed by atoms with E-state index in [-0.39, 0.29) is 10.6 Å². The molecule has 33 heavy (non-hydrogen) atoms. The highest BCUT2D eigenvalue weighted by Crippen LogP contribution is 2.63. The third-order valence-electron chi connectivity index (χ3n) is 8.58. The topological polar surface area (TPSA) is 78.7 Å². The van der Waals surface area contributed by atoms with Crippen molar-refractivity contribution in [1.29, 1.82) is 0 Å². The van der Waals surface area contributed by atoms with Crippen molar-refractivity contribution >= 4 is 28.9 Å². The lowest BCUT2D eigenvalue weighted by molar-refractivity contribution is -0.173. The quantitative estimate of drug-likeness (QED) is 0.738. The Morgan fingerprint density at radius 1 is 1.00 bits per heavy atom. The molecule has 1 N–H and O–H groups in total. The molecule has 4 saturated carbocycles. The summed E-state index contributed by atoms with van der Waals surface area (Å²) in [6.07, 6.45) is 6.41. The number of rotatable bonds is 4. The Kier molecular flexibility index (Phi) is 4.77. The van der Waals surface area contributed by atoms with Crippen molar-refractivity contribution < 1.29 is 9.90 Å². The number of carboxylic acid groups (broad SMARTS) is 1. The first-order chi connectivity index (χ1) is 15.9. The van der Waals surface area contributed by atoms with Crippen LogP contribution in [0.25, 0.3) is 0 Å². The predicted octanol–water partition coefficient (Wildman–Crippen LogP) is 3.60. The third-order valence-corrected chi connectivity index (χ3v) is 8.93. The number of hydrogen-bond acceptors (Lipinski definition) is 5. The molecule has 7 nitrogen and oxygen atoms in total. The van der Waals surface area contributed by atoms with Crippen molar-refractivity contribution in [2.45, 2.75) is 44.1 Å². The molecule has 8 heteroatoms. The number of anilines is 2. The van der Waals surface area contributed by atoms with Gasteiger partial charge in [0.25, 0.3) is 5.56 Å². The highest BCUT2D eigenvalue weighted by atomic mass is 35.5. The number of hydrogen-bond donors (Lipinski definition) is 1. The molecule has 1 aliphatic heterocycles. The summed E-state index contributed by atoms with van der Waals surface area (Å²) in [5.74, 6) is -0.0193. The van der Waals surface area contributed by atoms with Gasteiger partial charge in [0.15, 0.2) is 0 Å². The summed E-state index contributed by atoms with van der Waals surface area (Å²) in [5, 5.41) is 14.9. The van der Waals surface area contributed by atoms with E-state index in [0.717, 1.165) is 58.3 Å². The second-order valence-corrected chi connectivity index (χ2v) is 11.0. The number of carboxylic acids is 1. The Labute approximate surface area is 197 Å². The van der Waals surface area contributed by atoms with Crippen LogP contribution in [0.3, 0.4) is 0 Å². The number of carbonyl (C=O) groups is 1. The van der Waals surface area contributed by atoms with E-state index in [9.17, 15) is 14.7 Å². The standard InChI is InChI=1S/C25H29ClN4O3/c26-21-20(29-8-6-28(7-9-29)19-4-2-1-3-5-19)15-27-30(22(21)31)25-13-17-10-18(14-25)12-24(11-17,16-25)23(32)33/h1-5,15,17-18H,6-14,16H2,(H,32,33)/t17-,18-,24?,25?/m1/s1. The monoisotopic (exact) mass is 468 g/mol. The lowest BCUT2D eigenvalue weighted by Gasteiger charge is -2.60. The number of aromatic nitrogens is 2. The van der Waals surface area contributed by atoms with Gasteiger partial charge in [-0.1, -0.05) is 29.8 Å². The van der Waals surface area contributed by atoms with Gasteiger partial charge < -0.3 is 14.9 Å². The minimum Gasteiger partial charge on any atom is -0.481 e. The molecule has 1 aromatic heterocycles. The molecule has 0 spiro atoms. The van der Waals surface area contributed by atoms with Crippen molar-refractivity contribution in [2.75, 3.05) is 36.0 Å². The van der Waals surface area contributed by atoms with E-state index in [0.29, 0.717) is 23.9 Å². The van der Waals surface area contributed by atoms with Crippen molar-refractivity contribution in [3.05, 3.63) is 51.9 Å². The zero-order chi connectivity index (χ0) is 22.8. The van der Waals surface area contributed by atoms with Crippen LogP contribution >= 0.6 is 11.6 Å². The maximum Gasteiger partial charge on any atom is 0.309 e. The van der Waals surface area contributed by atoms with E-state index in [2.05, 4.69) is 27.0 Å². The predicted molar refractivity (Wildman–Crippen MR) is 127 cm³/mol. The molecule has 1 aromatic carbocycles. The Hall–Kier alpha value is -2.54. The van der Waals surface area contributed by atoms with Crippen LogP contribution in [0.5, 0.6) is 0 Å². The van der Waals surface area contributed by atoms with Crippen LogP contribution in [0, 0.1) is 17.3 Å². The van der Waals surface area contributed by atoms with Gasteiger partial charge in [-0.05, 0) is 62.5 Å². The number of halogens is 1. The number of aliphatic carboxylic acids is 1. The summed E-state index contributed by atoms with van der Waals surface area (Å²) >= 11 is 6.68. The Bertz CT molecular complexity index is 1130. The molecular weight excluding hydrogens is 440 g/mol. The minimum atomic E-state index is -0.718. The Morgan fingerprint density at radius 2 is 1.64 bits per heavy atom. The first kappa shape index (κ1) is 21.0. The largest absolute Gasteiger partial charge is 0.481 e. The molecule has 2 heterocycles. The zero-order valence-corrected chi connectivity index (χ0v) is 19.4. The summed E-state index contributed by atoms with van der Waals surface area (Å²) in [6.45, 7) is 3.21. The van der Waals surface area contributed by atoms with Crippen LogP contribution in [0.15, 0.2) is 41.3 Å². The molecule has 174 valence electrons. The maximum atomic E-state index is 13.5. The van der Waals surface area contributed by atoms with Crippen molar-refractivity contribution in [3.8, 4) is 0 Å². The first-order valence-electron chi connectivity index (χ1n) is 12.0. The SMILES string of the molecule is O=C(O)C12C[C@H]3C[C@H](C1)CC(n1ncc(N4CCN(c5ccccc5)CC4)c(Cl)c1=O)(C3)C2. The number of benzene rings is 1. The van der Waals surface area contributed by atoms with Crippen LogP contribution in [-0.2, 0) is 10.3 Å². The summed E-state index contributed by atoms with van der Waals surface area (Å²) < 4.78 is 1.56. The van der Waals surface area contributed by atoms with Gasteiger partial charge in [-0.25, -0.2) is 4.68 Å². The molecule has 5 aliphatic rings. The van der Waals surface area contributed by atoms with Gasteiger partial charge >= 0.3 is 5.97 Å². The second-order valence-electron chi connectivity index (χ2n) is 10.6. The molecule has 0 radical (unpaired) electrons. The van der Waals surface area contributed by atoms with Gasteiger partial charge in [-0.3, -0.25) is 9.59 Å². The summed E-state index contributed by atoms with van der Waals surface area (Å²) in [5.41, 5.74) is 0.370. The first-order valence-corrected chi connectivity index (χ1v) is 12.3. The average Bonchev–Trinajstić information content (AvgIpc) is 2.80. The van der Waals surface area contributed by atoms with Gasteiger partial charge in [-0.2, -0.15) is 5.10 Å². The van der Waals surface area contributed by atoms with Crippen LogP contribution in [0.1, 0.15) is 38.5 Å². The fraction of sp³-hybridized carbons (Fsp3) is 0.560. The molecule has 2 atom stereocenters. The highest BCUT2D eigenvalue weighted by molar-refractivity contribution is 6.33. The number of nitrogens with zero attached hydrogens (tertiary/aromatic N) is 4. The third kappa shape index (κ3) is 3.27. The van der Waals surface area contributed by atoms with Crippen LogP contribution in [0.2, 0.25) is 5.02 Å². The van der Waals surface area contributed by atoms with Gasteiger partial charge in [-0.15, -0.1) is 0 Å². The lowest BCUT2D eigenvalue weighted by Crippen LogP contribution is -2.61. The molecule has 0 unspecified atom stereocenters. The van der Waals surface area contributed by atoms with Gasteiger partial charge in [0.1, 0.15) is 5.02 Å². The van der Waals surface area contributed by atoms with Crippen molar-refractivity contribution in [2.24, 2.45) is 17.3 Å². The van der Waals surface area contributed by atoms with E-state index >= 15 is 0 Å². The fourth-order valence-corrected chi connectivity index (χ4v) is 7.79. The van der Waals surface area contributed by atoms with Gasteiger partial charge in [0.2, 0.25) is 0 Å². The zero-order valence-electron chi connectivity index (χ0n) is 18.6. The fourth-order valence-electron chi connectivity index (χ4n) is 7.54. The molecule has 5 fully saturated rings. The molecule has 0 amide bonds. The smallest absolute Gasteiger partial charge is 0.309 e. The lowest BCUT2D eigenvalue weighted by atomic mass is 9.47. The maximum absolute atomic E-state index is 13.5. The molecule has 1 saturated heterocycles. The summed E-state index contributed by atoms with van der Waals surface area (Å²) in [6, 6.07) is 10.3. The van der Waals surface area contributed by atoms with Gasteiger partial charge in [0.05, 0.1) is 22.8 Å². The van der Waals surface area contributed by atoms with E-state index in [4.69, 9.17) is 11.6 Å². The highest BCUT2D eigenvalue weighted by Gasteiger charge is 2.62. The molecule has 2 aromatic rings. The van der Waals surface area contributed by atoms with E-state index < -0.39 is 16.9 Å². The number of para-hydroxylation sites is 1. The Morgan fingerprint density at radius 3 is 2.27 bits per heavy atom. The molecule has 7 rings (SSSR count). The minimum absolute atomic E-state index is 0.207. The molecule has 4 bridgehead atoms. The molecular formula is C25H29ClN4O3. The van der Waals surface area contributed by atoms with E-state index in [1.165, 1.54) is 5.69 Å². The Balaban J connectivity index is 1.27. The summed E-state index contributed by atoms with van der Waals surface area (Å²) in [7, 11) is 0. The second kappa shape index (κ2) is 7.49. The van der Waals surface area contributed by atoms with Crippen LogP contribution in [0.4, 0.5) is 11.4 Å². The van der Waals surface area contributed by atoms with Crippen LogP contribution in [-0.4, -0.2) is 47.0 Å². The van der Waals surface area contributed by atoms with Gasteiger partial charge in [0, 0.05) is 31.9 Å². The van der Waals surface area contributed by atoms with Crippen molar-refractivity contribution in [3.63, 3.8) is 0 Å². The molecule has 4 aliphatic carbocycles. The van der Waals surface area contributed by atoms with Crippen molar-refractivity contribution in [1.82, 2.24) is 9.78 Å². The van der Waals surface area contributed by atoms with E-state index in [1.807, 2.05) is 18.2 Å².